The van der Waals surface area contributed by atoms with Crippen LogP contribution < -0.4 is 4.18 Å². The summed E-state index contributed by atoms with van der Waals surface area (Å²) in [5, 5.41) is 10.9. The average molecular weight is 582 g/mol. The number of Topliss-reactive ketones (excluding diaryl/α,β-unsaturated/α-hetero) is 1. The zero-order valence-electron chi connectivity index (χ0n) is 22.6. The number of fused-ring (bicyclic) bond motifs is 1. The van der Waals surface area contributed by atoms with E-state index < -0.39 is 5.92 Å². The zero-order valence-corrected chi connectivity index (χ0v) is 24.4. The molecule has 0 saturated heterocycles. The first-order valence-electron chi connectivity index (χ1n) is 12.7. The minimum Gasteiger partial charge on any atom is -0.388 e. The molecule has 0 radical (unpaired) electrons. The van der Waals surface area contributed by atoms with Crippen LogP contribution in [0.1, 0.15) is 33.7 Å². The summed E-state index contributed by atoms with van der Waals surface area (Å²) < 4.78 is 24.8. The summed E-state index contributed by atoms with van der Waals surface area (Å²) >= 11 is 1.18. The van der Waals surface area contributed by atoms with Gasteiger partial charge in [-0.15, -0.1) is 0 Å². The minimum absolute atomic E-state index is 0. The number of pyridine rings is 1. The van der Waals surface area contributed by atoms with Gasteiger partial charge in [0.25, 0.3) is 0 Å². The molecule has 5 rings (SSSR count). The number of hydrogen-bond donors (Lipinski definition) is 0. The van der Waals surface area contributed by atoms with E-state index in [1.165, 1.54) is 24.4 Å². The fraction of sp³-hybridized carbons (Fsp3) is 0.286. The van der Waals surface area contributed by atoms with Gasteiger partial charge in [-0.3, -0.25) is 9.78 Å². The predicted molar refractivity (Wildman–Crippen MR) is 159 cm³/mol. The second-order valence-corrected chi connectivity index (χ2v) is 10.3. The molecule has 1 aliphatic heterocycles. The van der Waals surface area contributed by atoms with Gasteiger partial charge in [-0.25, -0.2) is 18.8 Å². The second-order valence-electron chi connectivity index (χ2n) is 9.45. The predicted octanol–water partition coefficient (Wildman–Crippen LogP) is 4.81. The van der Waals surface area contributed by atoms with Gasteiger partial charge >= 0.3 is 0 Å². The Morgan fingerprint density at radius 2 is 1.95 bits per heavy atom. The van der Waals surface area contributed by atoms with Crippen LogP contribution in [0.2, 0.25) is 0 Å². The van der Waals surface area contributed by atoms with Crippen LogP contribution in [-0.2, 0) is 13.5 Å². The van der Waals surface area contributed by atoms with Crippen molar-refractivity contribution < 1.29 is 13.4 Å². The summed E-state index contributed by atoms with van der Waals surface area (Å²) in [6, 6.07) is 11.7. The van der Waals surface area contributed by atoms with Crippen molar-refractivity contribution in [3.8, 4) is 11.6 Å². The molecule has 9 nitrogen and oxygen atoms in total. The van der Waals surface area contributed by atoms with Gasteiger partial charge in [-0.2, -0.15) is 28.1 Å². The number of nitrogens with zero attached hydrogens (tertiary/aromatic N) is 7. The van der Waals surface area contributed by atoms with Crippen molar-refractivity contribution in [3.63, 3.8) is 0 Å². The Labute approximate surface area is 244 Å². The van der Waals surface area contributed by atoms with Gasteiger partial charge in [0, 0.05) is 45.4 Å². The Balaban J connectivity index is 0.00000370. The Bertz CT molecular complexity index is 1470. The van der Waals surface area contributed by atoms with Crippen LogP contribution >= 0.6 is 25.7 Å². The zero-order chi connectivity index (χ0) is 27.4. The summed E-state index contributed by atoms with van der Waals surface area (Å²) in [4.78, 5) is 18.2. The number of rotatable bonds is 7. The highest BCUT2D eigenvalue weighted by molar-refractivity contribution is 7.92. The van der Waals surface area contributed by atoms with Gasteiger partial charge in [0.1, 0.15) is 11.5 Å². The van der Waals surface area contributed by atoms with Gasteiger partial charge in [0.15, 0.2) is 18.0 Å². The molecule has 1 atom stereocenters. The van der Waals surface area contributed by atoms with E-state index >= 15 is 0 Å². The number of hydrogen-bond acceptors (Lipinski definition) is 8. The molecule has 0 fully saturated rings. The van der Waals surface area contributed by atoms with Crippen LogP contribution in [-0.4, -0.2) is 59.9 Å². The topological polar surface area (TPSA) is 81.3 Å². The van der Waals surface area contributed by atoms with Crippen molar-refractivity contribution >= 4 is 37.6 Å². The lowest BCUT2D eigenvalue weighted by molar-refractivity contribution is 0.0599. The molecule has 4 aromatic rings. The summed E-state index contributed by atoms with van der Waals surface area (Å²) in [5.41, 5.74) is 4.00. The largest absolute Gasteiger partial charge is 0.388 e. The maximum atomic E-state index is 13.9. The van der Waals surface area contributed by atoms with Crippen molar-refractivity contribution in [2.75, 3.05) is 20.1 Å². The first-order chi connectivity index (χ1) is 18.9. The minimum atomic E-state index is -0.393. The Hall–Kier alpha value is -3.45. The molecule has 40 heavy (non-hydrogen) atoms. The smallest absolute Gasteiger partial charge is 0.228 e. The van der Waals surface area contributed by atoms with Crippen molar-refractivity contribution in [3.05, 3.63) is 95.5 Å². The molecule has 1 aliphatic rings. The molecule has 0 amide bonds. The number of aromatic nitrogens is 5. The lowest BCUT2D eigenvalue weighted by atomic mass is 9.92. The van der Waals surface area contributed by atoms with Gasteiger partial charge < -0.3 is 4.18 Å². The maximum Gasteiger partial charge on any atom is 0.228 e. The van der Waals surface area contributed by atoms with E-state index in [4.69, 9.17) is 4.18 Å². The highest BCUT2D eigenvalue weighted by Crippen LogP contribution is 2.26. The molecular formula is C28H32FN7O2S2. The fourth-order valence-electron chi connectivity index (χ4n) is 4.50. The summed E-state index contributed by atoms with van der Waals surface area (Å²) in [7, 11) is 3.73. The summed E-state index contributed by atoms with van der Waals surface area (Å²) in [6.07, 6.45) is 10.5. The Morgan fingerprint density at radius 1 is 1.15 bits per heavy atom. The first kappa shape index (κ1) is 29.5. The monoisotopic (exact) mass is 581 g/mol. The lowest BCUT2D eigenvalue weighted by Gasteiger charge is -2.32. The van der Waals surface area contributed by atoms with E-state index in [0.717, 1.165) is 28.9 Å². The van der Waals surface area contributed by atoms with Crippen LogP contribution in [0.4, 0.5) is 4.39 Å². The van der Waals surface area contributed by atoms with Crippen LogP contribution in [0.15, 0.2) is 67.1 Å². The highest BCUT2D eigenvalue weighted by atomic mass is 32.2. The Kier molecular flexibility index (Phi) is 9.80. The molecule has 210 valence electrons. The number of benzene rings is 1. The number of halogens is 1. The van der Waals surface area contributed by atoms with E-state index in [-0.39, 0.29) is 25.1 Å². The number of carbonyl (C=O) groups excluding carboxylic acids is 1. The molecule has 0 unspecified atom stereocenters. The van der Waals surface area contributed by atoms with E-state index in [1.807, 2.05) is 43.6 Å². The van der Waals surface area contributed by atoms with Gasteiger partial charge in [-0.1, -0.05) is 6.08 Å². The van der Waals surface area contributed by atoms with Gasteiger partial charge in [0.05, 0.1) is 23.8 Å². The quantitative estimate of drug-likeness (QED) is 0.175. The molecular weight excluding hydrogens is 549 g/mol. The second kappa shape index (κ2) is 13.3. The lowest BCUT2D eigenvalue weighted by Crippen LogP contribution is -2.42. The highest BCUT2D eigenvalue weighted by Gasteiger charge is 2.29. The first-order valence-corrected chi connectivity index (χ1v) is 13.4. The van der Waals surface area contributed by atoms with Crippen molar-refractivity contribution in [1.82, 2.24) is 34.0 Å². The SMILES string of the molecule is Cc1ccnc(C(=O)[C@H]2Cc3cnn(-c4ccc(F)cc4)c3/C=C/CCN(N(C)SOc3ccnn3C)C2)c1.S. The van der Waals surface area contributed by atoms with Crippen LogP contribution in [0.25, 0.3) is 11.8 Å². The van der Waals surface area contributed by atoms with Crippen LogP contribution in [0.3, 0.4) is 0 Å². The number of hydrazine groups is 1. The standard InChI is InChI=1S/C28H30FN7O2S.H2S/c1-20-11-13-30-25(16-20)28(37)22-17-21-18-32-36(24-9-7-23(29)8-10-24)26(21)6-4-5-15-35(19-22)34(3)39-38-27-12-14-31-33(27)2;/h4,6-14,16,18,22H,5,15,17,19H2,1-3H3;1H2/b6-4+;/t22-;/m0./s1. The maximum absolute atomic E-state index is 13.9. The molecule has 3 aromatic heterocycles. The third kappa shape index (κ3) is 6.81. The third-order valence-electron chi connectivity index (χ3n) is 6.63. The number of aryl methyl sites for hydroxylation is 2. The third-order valence-corrected chi connectivity index (χ3v) is 7.32. The van der Waals surface area contributed by atoms with Crippen molar-refractivity contribution in [2.24, 2.45) is 13.0 Å². The molecule has 1 aromatic carbocycles. The molecule has 0 aliphatic carbocycles. The molecule has 0 spiro atoms. The van der Waals surface area contributed by atoms with Crippen LogP contribution in [0.5, 0.6) is 5.88 Å². The van der Waals surface area contributed by atoms with E-state index in [0.29, 0.717) is 31.1 Å². The van der Waals surface area contributed by atoms with Gasteiger partial charge in [-0.05, 0) is 73.4 Å². The van der Waals surface area contributed by atoms with Gasteiger partial charge in [0.2, 0.25) is 5.88 Å². The molecule has 0 N–H and O–H groups in total. The van der Waals surface area contributed by atoms with Crippen LogP contribution in [0, 0.1) is 18.7 Å². The summed E-state index contributed by atoms with van der Waals surface area (Å²) in [6.45, 7) is 3.08. The molecule has 0 bridgehead atoms. The summed E-state index contributed by atoms with van der Waals surface area (Å²) in [5.74, 6) is -0.0968. The molecule has 0 saturated carbocycles. The van der Waals surface area contributed by atoms with E-state index in [9.17, 15) is 9.18 Å². The van der Waals surface area contributed by atoms with E-state index in [2.05, 4.69) is 26.3 Å². The number of ketones is 1. The molecule has 12 heteroatoms. The van der Waals surface area contributed by atoms with E-state index in [1.54, 1.807) is 46.2 Å². The fourth-order valence-corrected chi connectivity index (χ4v) is 5.09. The Morgan fingerprint density at radius 3 is 2.67 bits per heavy atom. The average Bonchev–Trinajstić information content (AvgIpc) is 3.54. The molecule has 4 heterocycles. The normalized spacial score (nSPS) is 16.7. The number of carbonyl (C=O) groups is 1. The van der Waals surface area contributed by atoms with Crippen molar-refractivity contribution in [1.29, 1.82) is 0 Å². The van der Waals surface area contributed by atoms with Crippen molar-refractivity contribution in [2.45, 2.75) is 19.8 Å².